The van der Waals surface area contributed by atoms with Crippen LogP contribution < -0.4 is 0 Å². The number of nitrogens with zero attached hydrogens (tertiary/aromatic N) is 4. The van der Waals surface area contributed by atoms with Crippen molar-refractivity contribution in [1.29, 1.82) is 0 Å². The van der Waals surface area contributed by atoms with Gasteiger partial charge in [0.15, 0.2) is 0 Å². The molecule has 1 aliphatic carbocycles. The van der Waals surface area contributed by atoms with Crippen molar-refractivity contribution in [3.8, 4) is 0 Å². The maximum absolute atomic E-state index is 13.4. The van der Waals surface area contributed by atoms with Gasteiger partial charge in [-0.2, -0.15) is 0 Å². The molecule has 3 aliphatic rings. The topological polar surface area (TPSA) is 67.7 Å². The molecule has 7 nitrogen and oxygen atoms in total. The Morgan fingerprint density at radius 3 is 2.81 bits per heavy atom. The van der Waals surface area contributed by atoms with E-state index in [1.165, 1.54) is 0 Å². The second-order valence-corrected chi connectivity index (χ2v) is 8.58. The molecule has 2 amide bonds. The number of carbonyl (C=O) groups excluding carboxylic acids is 2. The van der Waals surface area contributed by atoms with E-state index in [0.717, 1.165) is 31.5 Å². The molecule has 0 radical (unpaired) electrons. The monoisotopic (exact) mass is 374 g/mol. The molecule has 0 aromatic carbocycles. The molecule has 2 saturated heterocycles. The highest BCUT2D eigenvalue weighted by Crippen LogP contribution is 2.50. The first-order valence-electron chi connectivity index (χ1n) is 10.1. The highest BCUT2D eigenvalue weighted by molar-refractivity contribution is 5.89. The zero-order chi connectivity index (χ0) is 19.2. The van der Waals surface area contributed by atoms with Crippen molar-refractivity contribution in [2.45, 2.75) is 45.1 Å². The summed E-state index contributed by atoms with van der Waals surface area (Å²) in [7, 11) is 1.66. The molecule has 0 N–H and O–H groups in total. The van der Waals surface area contributed by atoms with Crippen LogP contribution in [0.1, 0.15) is 50.8 Å². The van der Waals surface area contributed by atoms with Gasteiger partial charge >= 0.3 is 0 Å². The average Bonchev–Trinajstić information content (AvgIpc) is 3.13. The zero-order valence-electron chi connectivity index (χ0n) is 16.6. The predicted octanol–water partition coefficient (Wildman–Crippen LogP) is 1.66. The summed E-state index contributed by atoms with van der Waals surface area (Å²) in [6.45, 7) is 7.26. The van der Waals surface area contributed by atoms with Crippen molar-refractivity contribution >= 4 is 11.8 Å². The Kier molecular flexibility index (Phi) is 4.74. The van der Waals surface area contributed by atoms with E-state index in [1.54, 1.807) is 7.11 Å². The number of imidazole rings is 1. The second kappa shape index (κ2) is 6.93. The smallest absolute Gasteiger partial charge is 0.231 e. The summed E-state index contributed by atoms with van der Waals surface area (Å²) in [5, 5.41) is 0. The van der Waals surface area contributed by atoms with Gasteiger partial charge in [0.1, 0.15) is 0 Å². The van der Waals surface area contributed by atoms with Crippen LogP contribution in [0.2, 0.25) is 0 Å². The highest BCUT2D eigenvalue weighted by Gasteiger charge is 2.59. The van der Waals surface area contributed by atoms with Crippen molar-refractivity contribution in [1.82, 2.24) is 19.4 Å². The molecule has 2 atom stereocenters. The van der Waals surface area contributed by atoms with Gasteiger partial charge in [0.25, 0.3) is 0 Å². The van der Waals surface area contributed by atoms with Gasteiger partial charge in [-0.1, -0.05) is 0 Å². The largest absolute Gasteiger partial charge is 0.383 e. The number of hydrogen-bond acceptors (Lipinski definition) is 4. The van der Waals surface area contributed by atoms with E-state index in [0.29, 0.717) is 32.3 Å². The standard InChI is InChI=1S/C20H30N4O3/c1-14(2)24-11-17(21-13-24)16-10-23(18(25)15-4-5-15)12-20(16)6-7-22(19(20)26)8-9-27-3/h11,13-16H,4-10,12H2,1-3H3/t16-,20-/m1/s1. The molecule has 0 unspecified atom stereocenters. The Morgan fingerprint density at radius 1 is 1.41 bits per heavy atom. The highest BCUT2D eigenvalue weighted by atomic mass is 16.5. The number of likely N-dealkylation sites (tertiary alicyclic amines) is 2. The number of methoxy groups -OCH3 is 1. The summed E-state index contributed by atoms with van der Waals surface area (Å²) in [5.74, 6) is 0.536. The third kappa shape index (κ3) is 3.16. The minimum Gasteiger partial charge on any atom is -0.383 e. The number of hydrogen-bond donors (Lipinski definition) is 0. The molecule has 4 rings (SSSR count). The van der Waals surface area contributed by atoms with E-state index in [2.05, 4.69) is 29.6 Å². The molecule has 2 aliphatic heterocycles. The summed E-state index contributed by atoms with van der Waals surface area (Å²) in [6, 6.07) is 0.324. The van der Waals surface area contributed by atoms with Gasteiger partial charge in [0, 0.05) is 57.4 Å². The molecule has 1 aromatic rings. The average molecular weight is 374 g/mol. The van der Waals surface area contributed by atoms with Crippen LogP contribution in [0, 0.1) is 11.3 Å². The molecule has 1 saturated carbocycles. The van der Waals surface area contributed by atoms with Crippen molar-refractivity contribution in [3.63, 3.8) is 0 Å². The van der Waals surface area contributed by atoms with E-state index in [1.807, 2.05) is 16.1 Å². The fourth-order valence-corrected chi connectivity index (χ4v) is 4.60. The SMILES string of the molecule is COCCN1CC[C@]2(CN(C(=O)C3CC3)C[C@@H]2c2cn(C(C)C)cn2)C1=O. The van der Waals surface area contributed by atoms with Gasteiger partial charge in [-0.05, 0) is 33.1 Å². The van der Waals surface area contributed by atoms with E-state index < -0.39 is 5.41 Å². The molecule has 0 bridgehead atoms. The van der Waals surface area contributed by atoms with Crippen molar-refractivity contribution in [3.05, 3.63) is 18.2 Å². The Labute approximate surface area is 160 Å². The fourth-order valence-electron chi connectivity index (χ4n) is 4.60. The first-order valence-corrected chi connectivity index (χ1v) is 10.1. The number of carbonyl (C=O) groups is 2. The first kappa shape index (κ1) is 18.5. The molecule has 1 spiro atoms. The van der Waals surface area contributed by atoms with Crippen LogP contribution in [0.4, 0.5) is 0 Å². The first-order chi connectivity index (χ1) is 13.0. The molecule has 1 aromatic heterocycles. The van der Waals surface area contributed by atoms with E-state index in [4.69, 9.17) is 4.74 Å². The minimum atomic E-state index is -0.533. The molecule has 148 valence electrons. The third-order valence-electron chi connectivity index (χ3n) is 6.46. The molecule has 27 heavy (non-hydrogen) atoms. The summed E-state index contributed by atoms with van der Waals surface area (Å²) in [4.78, 5) is 34.7. The van der Waals surface area contributed by atoms with E-state index in [9.17, 15) is 9.59 Å². The van der Waals surface area contributed by atoms with E-state index >= 15 is 0 Å². The minimum absolute atomic E-state index is 0.0276. The van der Waals surface area contributed by atoms with E-state index in [-0.39, 0.29) is 23.7 Å². The molecular formula is C20H30N4O3. The van der Waals surface area contributed by atoms with Crippen LogP contribution in [0.3, 0.4) is 0 Å². The number of rotatable bonds is 6. The van der Waals surface area contributed by atoms with Crippen LogP contribution >= 0.6 is 0 Å². The van der Waals surface area contributed by atoms with Gasteiger partial charge in [-0.25, -0.2) is 4.98 Å². The van der Waals surface area contributed by atoms with Gasteiger partial charge in [-0.15, -0.1) is 0 Å². The molecule has 3 fully saturated rings. The third-order valence-corrected chi connectivity index (χ3v) is 6.46. The van der Waals surface area contributed by atoms with Crippen molar-refractivity contribution < 1.29 is 14.3 Å². The van der Waals surface area contributed by atoms with Crippen LogP contribution in [0.5, 0.6) is 0 Å². The second-order valence-electron chi connectivity index (χ2n) is 8.58. The van der Waals surface area contributed by atoms with Crippen molar-refractivity contribution in [2.75, 3.05) is 39.9 Å². The fraction of sp³-hybridized carbons (Fsp3) is 0.750. The Bertz CT molecular complexity index is 727. The van der Waals surface area contributed by atoms with Crippen LogP contribution in [-0.2, 0) is 14.3 Å². The van der Waals surface area contributed by atoms with Gasteiger partial charge in [-0.3, -0.25) is 9.59 Å². The molecular weight excluding hydrogens is 344 g/mol. The lowest BCUT2D eigenvalue weighted by atomic mass is 9.75. The number of aromatic nitrogens is 2. The summed E-state index contributed by atoms with van der Waals surface area (Å²) < 4.78 is 7.25. The normalized spacial score (nSPS) is 28.1. The number of ether oxygens (including phenoxy) is 1. The Balaban J connectivity index is 1.63. The van der Waals surface area contributed by atoms with Gasteiger partial charge < -0.3 is 19.1 Å². The van der Waals surface area contributed by atoms with Crippen LogP contribution in [0.15, 0.2) is 12.5 Å². The quantitative estimate of drug-likeness (QED) is 0.760. The molecule has 7 heteroatoms. The lowest BCUT2D eigenvalue weighted by molar-refractivity contribution is -0.137. The van der Waals surface area contributed by atoms with Gasteiger partial charge in [0.05, 0.1) is 24.0 Å². The zero-order valence-corrected chi connectivity index (χ0v) is 16.6. The lowest BCUT2D eigenvalue weighted by Gasteiger charge is -2.27. The summed E-state index contributed by atoms with van der Waals surface area (Å²) in [5.41, 5.74) is 0.408. The maximum Gasteiger partial charge on any atom is 0.231 e. The van der Waals surface area contributed by atoms with Crippen LogP contribution in [0.25, 0.3) is 0 Å². The maximum atomic E-state index is 13.4. The van der Waals surface area contributed by atoms with Gasteiger partial charge in [0.2, 0.25) is 11.8 Å². The summed E-state index contributed by atoms with van der Waals surface area (Å²) in [6.07, 6.45) is 6.67. The number of amides is 2. The lowest BCUT2D eigenvalue weighted by Crippen LogP contribution is -2.41. The van der Waals surface area contributed by atoms with Crippen molar-refractivity contribution in [2.24, 2.45) is 11.3 Å². The molecule has 3 heterocycles. The summed E-state index contributed by atoms with van der Waals surface area (Å²) >= 11 is 0. The Morgan fingerprint density at radius 2 is 2.19 bits per heavy atom. The van der Waals surface area contributed by atoms with Crippen LogP contribution in [-0.4, -0.2) is 71.1 Å². The Hall–Kier alpha value is -1.89. The predicted molar refractivity (Wildman–Crippen MR) is 100 cm³/mol.